The van der Waals surface area contributed by atoms with Crippen molar-refractivity contribution >= 4 is 5.97 Å². The first-order valence-electron chi connectivity index (χ1n) is 4.98. The Morgan fingerprint density at radius 2 is 2.06 bits per heavy atom. The maximum atomic E-state index is 12.6. The summed E-state index contributed by atoms with van der Waals surface area (Å²) < 4.78 is 29.6. The van der Waals surface area contributed by atoms with Crippen LogP contribution in [0.3, 0.4) is 0 Å². The second kappa shape index (κ2) is 4.65. The molecule has 0 saturated heterocycles. The molecule has 2 rings (SSSR count). The third-order valence-electron chi connectivity index (χ3n) is 2.47. The van der Waals surface area contributed by atoms with Crippen LogP contribution in [0.2, 0.25) is 0 Å². The summed E-state index contributed by atoms with van der Waals surface area (Å²) in [6, 6.07) is 0. The zero-order valence-corrected chi connectivity index (χ0v) is 8.98. The number of carboxylic acid groups (broad SMARTS) is 1. The third-order valence-corrected chi connectivity index (χ3v) is 2.47. The van der Waals surface area contributed by atoms with Crippen LogP contribution in [-0.2, 0) is 15.3 Å². The van der Waals surface area contributed by atoms with Crippen LogP contribution in [0.15, 0.2) is 36.7 Å². The fourth-order valence-corrected chi connectivity index (χ4v) is 1.76. The lowest BCUT2D eigenvalue weighted by Crippen LogP contribution is -2.48. The summed E-state index contributed by atoms with van der Waals surface area (Å²) in [5.41, 5.74) is -1.96. The number of carboxylic acids is 1. The number of rotatable bonds is 4. The van der Waals surface area contributed by atoms with Crippen LogP contribution >= 0.6 is 0 Å². The molecule has 0 spiro atoms. The molecule has 0 amide bonds. The SMILES string of the molecule is O=C(O)C1C=CC=CC1(OC(F)F)n1nccn1. The largest absolute Gasteiger partial charge is 0.481 e. The topological polar surface area (TPSA) is 77.2 Å². The molecule has 6 nitrogen and oxygen atoms in total. The molecule has 1 N–H and O–H groups in total. The molecule has 96 valence electrons. The van der Waals surface area contributed by atoms with Gasteiger partial charge in [0, 0.05) is 0 Å². The lowest BCUT2D eigenvalue weighted by atomic mass is 9.91. The zero-order chi connectivity index (χ0) is 13.2. The van der Waals surface area contributed by atoms with Crippen molar-refractivity contribution in [2.24, 2.45) is 5.92 Å². The highest BCUT2D eigenvalue weighted by Gasteiger charge is 2.47. The number of carbonyl (C=O) groups is 1. The van der Waals surface area contributed by atoms with Crippen LogP contribution in [0.25, 0.3) is 0 Å². The fourth-order valence-electron chi connectivity index (χ4n) is 1.76. The summed E-state index contributed by atoms with van der Waals surface area (Å²) in [5.74, 6) is -2.66. The third kappa shape index (κ3) is 2.02. The van der Waals surface area contributed by atoms with Crippen molar-refractivity contribution in [1.29, 1.82) is 0 Å². The molecule has 1 aliphatic rings. The fraction of sp³-hybridized carbons (Fsp3) is 0.300. The van der Waals surface area contributed by atoms with Gasteiger partial charge in [0.1, 0.15) is 5.92 Å². The molecule has 2 atom stereocenters. The van der Waals surface area contributed by atoms with E-state index in [0.717, 1.165) is 4.80 Å². The number of hydrogen-bond donors (Lipinski definition) is 1. The van der Waals surface area contributed by atoms with Crippen molar-refractivity contribution in [2.45, 2.75) is 12.3 Å². The van der Waals surface area contributed by atoms with Crippen molar-refractivity contribution in [3.05, 3.63) is 36.7 Å². The molecule has 1 heterocycles. The van der Waals surface area contributed by atoms with Gasteiger partial charge in [0.2, 0.25) is 5.72 Å². The summed E-state index contributed by atoms with van der Waals surface area (Å²) in [6.07, 6.45) is 7.79. The molecule has 1 aliphatic carbocycles. The molecule has 2 unspecified atom stereocenters. The quantitative estimate of drug-likeness (QED) is 0.870. The van der Waals surface area contributed by atoms with Crippen LogP contribution in [0, 0.1) is 5.92 Å². The Hall–Kier alpha value is -2.09. The highest BCUT2D eigenvalue weighted by molar-refractivity contribution is 5.74. The summed E-state index contributed by atoms with van der Waals surface area (Å²) in [7, 11) is 0. The van der Waals surface area contributed by atoms with Crippen molar-refractivity contribution in [3.8, 4) is 0 Å². The minimum atomic E-state index is -3.16. The first-order valence-corrected chi connectivity index (χ1v) is 4.98. The second-order valence-corrected chi connectivity index (χ2v) is 3.51. The first-order chi connectivity index (χ1) is 8.56. The smallest absolute Gasteiger partial charge is 0.347 e. The number of allylic oxidation sites excluding steroid dienone is 2. The van der Waals surface area contributed by atoms with Crippen molar-refractivity contribution in [1.82, 2.24) is 15.0 Å². The van der Waals surface area contributed by atoms with E-state index < -0.39 is 24.2 Å². The molecule has 8 heteroatoms. The molecule has 0 saturated carbocycles. The van der Waals surface area contributed by atoms with Gasteiger partial charge in [0.25, 0.3) is 0 Å². The normalized spacial score (nSPS) is 26.7. The van der Waals surface area contributed by atoms with Gasteiger partial charge in [-0.1, -0.05) is 18.2 Å². The maximum absolute atomic E-state index is 12.6. The Labute approximate surface area is 100 Å². The highest BCUT2D eigenvalue weighted by Crippen LogP contribution is 2.34. The number of ether oxygens (including phenoxy) is 1. The van der Waals surface area contributed by atoms with E-state index in [-0.39, 0.29) is 0 Å². The predicted molar refractivity (Wildman–Crippen MR) is 54.5 cm³/mol. The molecule has 18 heavy (non-hydrogen) atoms. The van der Waals surface area contributed by atoms with E-state index >= 15 is 0 Å². The number of halogens is 2. The molecule has 1 aromatic rings. The van der Waals surface area contributed by atoms with Gasteiger partial charge in [-0.05, 0) is 6.08 Å². The lowest BCUT2D eigenvalue weighted by molar-refractivity contribution is -0.245. The van der Waals surface area contributed by atoms with E-state index in [0.29, 0.717) is 0 Å². The summed E-state index contributed by atoms with van der Waals surface area (Å²) in [4.78, 5) is 12.0. The van der Waals surface area contributed by atoms with Crippen molar-refractivity contribution in [3.63, 3.8) is 0 Å². The molecule has 0 aliphatic heterocycles. The number of aromatic nitrogens is 3. The first kappa shape index (κ1) is 12.4. The minimum absolute atomic E-state index is 0.817. The van der Waals surface area contributed by atoms with Gasteiger partial charge >= 0.3 is 12.6 Å². The van der Waals surface area contributed by atoms with Gasteiger partial charge in [-0.25, -0.2) is 0 Å². The van der Waals surface area contributed by atoms with Gasteiger partial charge in [-0.2, -0.15) is 19.0 Å². The van der Waals surface area contributed by atoms with E-state index in [9.17, 15) is 13.6 Å². The maximum Gasteiger partial charge on any atom is 0.347 e. The number of alkyl halides is 2. The molecule has 0 fully saturated rings. The summed E-state index contributed by atoms with van der Waals surface area (Å²) in [6.45, 7) is -3.16. The van der Waals surface area contributed by atoms with E-state index in [1.165, 1.54) is 36.7 Å². The van der Waals surface area contributed by atoms with E-state index in [4.69, 9.17) is 5.11 Å². The standard InChI is InChI=1S/C10H9F2N3O3/c11-9(12)18-10(15-13-5-6-14-15)4-2-1-3-7(10)8(16)17/h1-7,9H,(H,16,17). The molecule has 0 radical (unpaired) electrons. The predicted octanol–water partition coefficient (Wildman–Crippen LogP) is 0.997. The van der Waals surface area contributed by atoms with Gasteiger partial charge < -0.3 is 5.11 Å². The van der Waals surface area contributed by atoms with Crippen molar-refractivity contribution < 1.29 is 23.4 Å². The van der Waals surface area contributed by atoms with Crippen molar-refractivity contribution in [2.75, 3.05) is 0 Å². The van der Waals surface area contributed by atoms with Crippen LogP contribution < -0.4 is 0 Å². The second-order valence-electron chi connectivity index (χ2n) is 3.51. The Kier molecular flexibility index (Phi) is 3.19. The Balaban J connectivity index is 2.50. The van der Waals surface area contributed by atoms with E-state index in [1.807, 2.05) is 0 Å². The number of hydrogen-bond acceptors (Lipinski definition) is 4. The van der Waals surface area contributed by atoms with Gasteiger partial charge in [0.05, 0.1) is 12.4 Å². The summed E-state index contributed by atoms with van der Waals surface area (Å²) >= 11 is 0. The van der Waals surface area contributed by atoms with Gasteiger partial charge in [0.15, 0.2) is 0 Å². The van der Waals surface area contributed by atoms with Crippen LogP contribution in [-0.4, -0.2) is 32.7 Å². The zero-order valence-electron chi connectivity index (χ0n) is 8.98. The summed E-state index contributed by atoms with van der Waals surface area (Å²) in [5, 5.41) is 16.5. The Morgan fingerprint density at radius 3 is 2.61 bits per heavy atom. The minimum Gasteiger partial charge on any atom is -0.481 e. The Morgan fingerprint density at radius 1 is 1.39 bits per heavy atom. The molecule has 0 aromatic carbocycles. The monoisotopic (exact) mass is 257 g/mol. The van der Waals surface area contributed by atoms with Gasteiger partial charge in [-0.15, -0.1) is 4.80 Å². The highest BCUT2D eigenvalue weighted by atomic mass is 19.3. The molecule has 0 bridgehead atoms. The molecule has 1 aromatic heterocycles. The average Bonchev–Trinajstić information content (AvgIpc) is 2.82. The van der Waals surface area contributed by atoms with Crippen LogP contribution in [0.4, 0.5) is 8.78 Å². The van der Waals surface area contributed by atoms with Crippen LogP contribution in [0.1, 0.15) is 0 Å². The number of nitrogens with zero attached hydrogens (tertiary/aromatic N) is 3. The van der Waals surface area contributed by atoms with E-state index in [2.05, 4.69) is 14.9 Å². The van der Waals surface area contributed by atoms with Gasteiger partial charge in [-0.3, -0.25) is 9.53 Å². The molecular weight excluding hydrogens is 248 g/mol. The number of aliphatic carboxylic acids is 1. The lowest BCUT2D eigenvalue weighted by Gasteiger charge is -2.34. The van der Waals surface area contributed by atoms with Crippen LogP contribution in [0.5, 0.6) is 0 Å². The average molecular weight is 257 g/mol. The Bertz CT molecular complexity index is 487. The van der Waals surface area contributed by atoms with E-state index in [1.54, 1.807) is 0 Å². The molecular formula is C10H9F2N3O3.